The molecule has 3 aromatic carbocycles. The number of unbranched alkanes of at least 4 members (excludes halogenated alkanes) is 1. The van der Waals surface area contributed by atoms with E-state index in [9.17, 15) is 22.4 Å². The van der Waals surface area contributed by atoms with Crippen molar-refractivity contribution < 1.29 is 27.1 Å². The number of nitrogens with zero attached hydrogens (tertiary/aromatic N) is 2. The van der Waals surface area contributed by atoms with Gasteiger partial charge in [-0.3, -0.25) is 13.9 Å². The second-order valence-corrected chi connectivity index (χ2v) is 12.3. The molecule has 2 amide bonds. The van der Waals surface area contributed by atoms with Crippen LogP contribution >= 0.6 is 11.8 Å². The van der Waals surface area contributed by atoms with Crippen LogP contribution in [0.25, 0.3) is 0 Å². The van der Waals surface area contributed by atoms with Crippen molar-refractivity contribution in [2.45, 2.75) is 56.0 Å². The molecule has 1 N–H and O–H groups in total. The SMILES string of the molecule is CCCCNC(=O)[C@H](C)N(Cc1ccc(F)cc1)C(=O)CN(c1ccccc1OCC)S(=O)(=O)c1ccc(SC)cc1. The molecule has 0 heterocycles. The van der Waals surface area contributed by atoms with Gasteiger partial charge in [-0.1, -0.05) is 37.6 Å². The van der Waals surface area contributed by atoms with E-state index in [0.717, 1.165) is 22.0 Å². The largest absolute Gasteiger partial charge is 0.492 e. The maximum Gasteiger partial charge on any atom is 0.264 e. The van der Waals surface area contributed by atoms with E-state index in [1.165, 1.54) is 53.1 Å². The molecule has 0 fully saturated rings. The van der Waals surface area contributed by atoms with Gasteiger partial charge >= 0.3 is 0 Å². The molecule has 0 bridgehead atoms. The Morgan fingerprint density at radius 2 is 1.67 bits per heavy atom. The molecule has 1 atom stereocenters. The van der Waals surface area contributed by atoms with E-state index in [-0.39, 0.29) is 29.6 Å². The predicted molar refractivity (Wildman–Crippen MR) is 165 cm³/mol. The summed E-state index contributed by atoms with van der Waals surface area (Å²) < 4.78 is 48.6. The highest BCUT2D eigenvalue weighted by molar-refractivity contribution is 7.98. The monoisotopic (exact) mass is 615 g/mol. The van der Waals surface area contributed by atoms with Gasteiger partial charge in [-0.05, 0) is 80.6 Å². The number of carbonyl (C=O) groups is 2. The van der Waals surface area contributed by atoms with Crippen LogP contribution in [0.4, 0.5) is 10.1 Å². The van der Waals surface area contributed by atoms with Crippen LogP contribution < -0.4 is 14.4 Å². The lowest BCUT2D eigenvalue weighted by atomic mass is 10.1. The summed E-state index contributed by atoms with van der Waals surface area (Å²) in [7, 11) is -4.24. The van der Waals surface area contributed by atoms with Crippen molar-refractivity contribution in [3.63, 3.8) is 0 Å². The molecule has 8 nitrogen and oxygen atoms in total. The van der Waals surface area contributed by atoms with Crippen molar-refractivity contribution in [1.29, 1.82) is 0 Å². The first-order valence-corrected chi connectivity index (χ1v) is 16.5. The van der Waals surface area contributed by atoms with Gasteiger partial charge in [0.05, 0.1) is 17.2 Å². The average Bonchev–Trinajstić information content (AvgIpc) is 2.99. The molecule has 0 saturated heterocycles. The standard InChI is InChI=1S/C31H38FN3O5S2/c1-5-7-20-33-31(37)23(3)34(21-24-12-14-25(32)15-13-24)30(36)22-35(28-10-8-9-11-29(28)40-6-2)42(38,39)27-18-16-26(41-4)17-19-27/h8-19,23H,5-7,20-22H2,1-4H3,(H,33,37)/t23-/m0/s1. The van der Waals surface area contributed by atoms with Crippen LogP contribution in [0.3, 0.4) is 0 Å². The zero-order valence-electron chi connectivity index (χ0n) is 24.4. The second-order valence-electron chi connectivity index (χ2n) is 9.56. The highest BCUT2D eigenvalue weighted by atomic mass is 32.2. The van der Waals surface area contributed by atoms with Gasteiger partial charge in [0, 0.05) is 18.0 Å². The molecule has 0 spiro atoms. The highest BCUT2D eigenvalue weighted by Crippen LogP contribution is 2.33. The highest BCUT2D eigenvalue weighted by Gasteiger charge is 2.33. The molecular formula is C31H38FN3O5S2. The van der Waals surface area contributed by atoms with Crippen molar-refractivity contribution in [3.8, 4) is 5.75 Å². The van der Waals surface area contributed by atoms with Crippen LogP contribution in [-0.2, 0) is 26.2 Å². The first kappa shape index (κ1) is 32.9. The summed E-state index contributed by atoms with van der Waals surface area (Å²) in [6.07, 6.45) is 3.55. The lowest BCUT2D eigenvalue weighted by Gasteiger charge is -2.32. The van der Waals surface area contributed by atoms with Crippen LogP contribution in [0.1, 0.15) is 39.2 Å². The minimum Gasteiger partial charge on any atom is -0.492 e. The normalized spacial score (nSPS) is 11.9. The molecule has 3 aromatic rings. The molecule has 0 saturated carbocycles. The predicted octanol–water partition coefficient (Wildman–Crippen LogP) is 5.48. The van der Waals surface area contributed by atoms with E-state index in [0.29, 0.717) is 17.9 Å². The Morgan fingerprint density at radius 1 is 1.00 bits per heavy atom. The van der Waals surface area contributed by atoms with Gasteiger partial charge in [-0.15, -0.1) is 11.8 Å². The maximum absolute atomic E-state index is 14.1. The number of carbonyl (C=O) groups excluding carboxylic acids is 2. The molecule has 0 aliphatic rings. The first-order valence-electron chi connectivity index (χ1n) is 13.8. The van der Waals surface area contributed by atoms with Crippen LogP contribution in [0.15, 0.2) is 82.6 Å². The summed E-state index contributed by atoms with van der Waals surface area (Å²) in [6.45, 7) is 5.50. The zero-order valence-corrected chi connectivity index (χ0v) is 26.0. The van der Waals surface area contributed by atoms with Crippen LogP contribution in [0.5, 0.6) is 5.75 Å². The Morgan fingerprint density at radius 3 is 2.29 bits per heavy atom. The Balaban J connectivity index is 2.05. The van der Waals surface area contributed by atoms with Gasteiger partial charge in [0.2, 0.25) is 11.8 Å². The van der Waals surface area contributed by atoms with Crippen molar-refractivity contribution >= 4 is 39.3 Å². The number of hydrogen-bond acceptors (Lipinski definition) is 6. The van der Waals surface area contributed by atoms with E-state index in [4.69, 9.17) is 4.74 Å². The van der Waals surface area contributed by atoms with Crippen LogP contribution in [0.2, 0.25) is 0 Å². The number of nitrogens with one attached hydrogen (secondary N) is 1. The molecule has 0 aromatic heterocycles. The lowest BCUT2D eigenvalue weighted by molar-refractivity contribution is -0.139. The fraction of sp³-hybridized carbons (Fsp3) is 0.355. The molecule has 42 heavy (non-hydrogen) atoms. The Labute approximate surface area is 252 Å². The molecule has 0 unspecified atom stereocenters. The van der Waals surface area contributed by atoms with E-state index in [1.807, 2.05) is 13.2 Å². The van der Waals surface area contributed by atoms with Crippen molar-refractivity contribution in [2.75, 3.05) is 30.3 Å². The van der Waals surface area contributed by atoms with Crippen molar-refractivity contribution in [3.05, 3.63) is 84.2 Å². The number of sulfonamides is 1. The lowest BCUT2D eigenvalue weighted by Crippen LogP contribution is -2.51. The number of amides is 2. The van der Waals surface area contributed by atoms with Gasteiger partial charge < -0.3 is 15.0 Å². The molecule has 0 aliphatic heterocycles. The summed E-state index contributed by atoms with van der Waals surface area (Å²) in [6, 6.07) is 17.7. The smallest absolute Gasteiger partial charge is 0.264 e. The zero-order chi connectivity index (χ0) is 30.7. The number of para-hydroxylation sites is 2. The third-order valence-electron chi connectivity index (χ3n) is 6.62. The Hall–Kier alpha value is -3.57. The van der Waals surface area contributed by atoms with Crippen molar-refractivity contribution in [1.82, 2.24) is 10.2 Å². The topological polar surface area (TPSA) is 96.0 Å². The summed E-state index contributed by atoms with van der Waals surface area (Å²) in [5, 5.41) is 2.84. The first-order chi connectivity index (χ1) is 20.1. The van der Waals surface area contributed by atoms with E-state index < -0.39 is 34.3 Å². The number of anilines is 1. The Kier molecular flexibility index (Phi) is 12.2. The molecule has 11 heteroatoms. The average molecular weight is 616 g/mol. The number of halogens is 1. The number of rotatable bonds is 15. The molecule has 0 radical (unpaired) electrons. The van der Waals surface area contributed by atoms with E-state index in [2.05, 4.69) is 5.32 Å². The summed E-state index contributed by atoms with van der Waals surface area (Å²) in [5.41, 5.74) is 0.790. The quantitative estimate of drug-likeness (QED) is 0.180. The number of ether oxygens (including phenoxy) is 1. The fourth-order valence-corrected chi connectivity index (χ4v) is 6.07. The van der Waals surface area contributed by atoms with Gasteiger partial charge in [0.15, 0.2) is 0 Å². The fourth-order valence-electron chi connectivity index (χ4n) is 4.23. The van der Waals surface area contributed by atoms with Crippen LogP contribution in [-0.4, -0.2) is 57.1 Å². The summed E-state index contributed by atoms with van der Waals surface area (Å²) in [5.74, 6) is -1.10. The van der Waals surface area contributed by atoms with Gasteiger partial charge in [0.25, 0.3) is 10.0 Å². The Bertz CT molecular complexity index is 1430. The van der Waals surface area contributed by atoms with Gasteiger partial charge in [0.1, 0.15) is 24.2 Å². The molecule has 226 valence electrons. The number of hydrogen-bond donors (Lipinski definition) is 1. The number of thioether (sulfide) groups is 1. The second kappa shape index (κ2) is 15.6. The van der Waals surface area contributed by atoms with E-state index in [1.54, 1.807) is 50.2 Å². The molecule has 0 aliphatic carbocycles. The van der Waals surface area contributed by atoms with Gasteiger partial charge in [-0.2, -0.15) is 0 Å². The third kappa shape index (κ3) is 8.48. The van der Waals surface area contributed by atoms with Gasteiger partial charge in [-0.25, -0.2) is 12.8 Å². The third-order valence-corrected chi connectivity index (χ3v) is 9.14. The minimum absolute atomic E-state index is 0.00911. The maximum atomic E-state index is 14.1. The van der Waals surface area contributed by atoms with Crippen LogP contribution in [0, 0.1) is 5.82 Å². The molecular weight excluding hydrogens is 577 g/mol. The minimum atomic E-state index is -4.24. The summed E-state index contributed by atoms with van der Waals surface area (Å²) in [4.78, 5) is 29.3. The summed E-state index contributed by atoms with van der Waals surface area (Å²) >= 11 is 1.48. The van der Waals surface area contributed by atoms with Crippen molar-refractivity contribution in [2.24, 2.45) is 0 Å². The van der Waals surface area contributed by atoms with E-state index >= 15 is 0 Å². The molecule has 3 rings (SSSR count). The number of benzene rings is 3.